The van der Waals surface area contributed by atoms with E-state index >= 15 is 0 Å². The Morgan fingerprint density at radius 3 is 1.65 bits per heavy atom. The fraction of sp³-hybridized carbons (Fsp3) is 0.323. The molecule has 4 aliphatic carbocycles. The average molecular weight is 497 g/mol. The predicted molar refractivity (Wildman–Crippen MR) is 135 cm³/mol. The first-order chi connectivity index (χ1) is 18.0. The number of hydrogen-bond acceptors (Lipinski definition) is 5. The molecule has 0 heterocycles. The second-order valence-electron chi connectivity index (χ2n) is 10.3. The van der Waals surface area contributed by atoms with Gasteiger partial charge in [0.1, 0.15) is 5.60 Å². The third-order valence-corrected chi connectivity index (χ3v) is 8.33. The van der Waals surface area contributed by atoms with Crippen LogP contribution >= 0.6 is 0 Å². The summed E-state index contributed by atoms with van der Waals surface area (Å²) in [5.41, 5.74) is 4.21. The summed E-state index contributed by atoms with van der Waals surface area (Å²) in [6.07, 6.45) is 3.36. The van der Waals surface area contributed by atoms with E-state index in [9.17, 15) is 14.4 Å². The number of carboxylic acid groups (broad SMARTS) is 1. The number of ether oxygens (including phenoxy) is 2. The maximum atomic E-state index is 14.2. The summed E-state index contributed by atoms with van der Waals surface area (Å²) in [4.78, 5) is 39.0. The van der Waals surface area contributed by atoms with Crippen LogP contribution < -0.4 is 0 Å². The van der Waals surface area contributed by atoms with Crippen molar-refractivity contribution in [1.82, 2.24) is 0 Å². The van der Waals surface area contributed by atoms with E-state index in [1.165, 1.54) is 0 Å². The molecule has 7 rings (SSSR count). The molecule has 0 spiro atoms. The largest absolute Gasteiger partial charge is 0.479 e. The zero-order valence-corrected chi connectivity index (χ0v) is 20.3. The highest BCUT2D eigenvalue weighted by Crippen LogP contribution is 2.59. The number of carbonyl (C=O) groups excluding carboxylic acids is 2. The second kappa shape index (κ2) is 9.18. The number of fused-ring (bicyclic) bond motifs is 1. The molecule has 2 bridgehead atoms. The molecule has 0 radical (unpaired) electrons. The smallest absolute Gasteiger partial charge is 0.341 e. The summed E-state index contributed by atoms with van der Waals surface area (Å²) in [7, 11) is 0. The Bertz CT molecular complexity index is 1310. The number of carboxylic acids is 1. The molecule has 0 aliphatic heterocycles. The van der Waals surface area contributed by atoms with Crippen LogP contribution in [0, 0.1) is 11.8 Å². The highest BCUT2D eigenvalue weighted by atomic mass is 16.6. The minimum Gasteiger partial charge on any atom is -0.479 e. The molecule has 0 saturated heterocycles. The molecule has 1 saturated carbocycles. The van der Waals surface area contributed by atoms with Crippen molar-refractivity contribution in [1.29, 1.82) is 0 Å². The fourth-order valence-corrected chi connectivity index (χ4v) is 6.87. The third-order valence-electron chi connectivity index (χ3n) is 8.33. The van der Waals surface area contributed by atoms with E-state index in [-0.39, 0.29) is 5.92 Å². The Morgan fingerprint density at radius 1 is 0.703 bits per heavy atom. The minimum absolute atomic E-state index is 0.387. The van der Waals surface area contributed by atoms with Gasteiger partial charge in [-0.05, 0) is 53.5 Å². The quantitative estimate of drug-likeness (QED) is 0.475. The molecule has 188 valence electrons. The van der Waals surface area contributed by atoms with Crippen LogP contribution in [-0.2, 0) is 29.5 Å². The number of hydrogen-bond donors (Lipinski definition) is 1. The molecule has 1 N–H and O–H groups in total. The van der Waals surface area contributed by atoms with E-state index in [4.69, 9.17) is 14.6 Å². The monoisotopic (exact) mass is 496 g/mol. The predicted octanol–water partition coefficient (Wildman–Crippen LogP) is 5.15. The molecule has 3 aromatic rings. The van der Waals surface area contributed by atoms with Crippen molar-refractivity contribution in [2.45, 2.75) is 43.1 Å². The van der Waals surface area contributed by atoms with Crippen molar-refractivity contribution in [2.24, 2.45) is 11.8 Å². The lowest BCUT2D eigenvalue weighted by Gasteiger charge is -2.49. The normalized spacial score (nSPS) is 24.5. The van der Waals surface area contributed by atoms with Gasteiger partial charge in [-0.25, -0.2) is 4.79 Å². The van der Waals surface area contributed by atoms with E-state index < -0.39 is 47.9 Å². The summed E-state index contributed by atoms with van der Waals surface area (Å²) < 4.78 is 11.7. The van der Waals surface area contributed by atoms with Gasteiger partial charge in [-0.1, -0.05) is 78.9 Å². The molecule has 1 fully saturated rings. The lowest BCUT2D eigenvalue weighted by molar-refractivity contribution is -0.176. The van der Waals surface area contributed by atoms with E-state index in [2.05, 4.69) is 0 Å². The molecule has 2 atom stereocenters. The topological polar surface area (TPSA) is 89.9 Å². The van der Waals surface area contributed by atoms with Gasteiger partial charge in [-0.3, -0.25) is 9.59 Å². The Hall–Kier alpha value is -3.93. The van der Waals surface area contributed by atoms with Gasteiger partial charge >= 0.3 is 17.9 Å². The SMILES string of the molecule is O=C(O)COC(=O)C1C2c3ccccc3C(c3ccccc32)C1C(=O)OC1(c2ccccc2)CCCC1. The van der Waals surface area contributed by atoms with Gasteiger partial charge < -0.3 is 14.6 Å². The van der Waals surface area contributed by atoms with Gasteiger partial charge in [0.25, 0.3) is 0 Å². The lowest BCUT2D eigenvalue weighted by atomic mass is 9.54. The molecule has 2 unspecified atom stereocenters. The maximum absolute atomic E-state index is 14.2. The van der Waals surface area contributed by atoms with Crippen LogP contribution in [0.3, 0.4) is 0 Å². The van der Waals surface area contributed by atoms with Crippen LogP contribution in [-0.4, -0.2) is 29.6 Å². The number of benzene rings is 3. The Labute approximate surface area is 215 Å². The van der Waals surface area contributed by atoms with Gasteiger partial charge in [0.05, 0.1) is 11.8 Å². The summed E-state index contributed by atoms with van der Waals surface area (Å²) in [5.74, 6) is -4.85. The Morgan fingerprint density at radius 2 is 1.16 bits per heavy atom. The molecule has 37 heavy (non-hydrogen) atoms. The highest BCUT2D eigenvalue weighted by molar-refractivity contribution is 5.89. The first-order valence-electron chi connectivity index (χ1n) is 12.8. The van der Waals surface area contributed by atoms with Crippen LogP contribution in [0.5, 0.6) is 0 Å². The van der Waals surface area contributed by atoms with Gasteiger partial charge in [0.2, 0.25) is 0 Å². The van der Waals surface area contributed by atoms with Crippen molar-refractivity contribution < 1.29 is 29.0 Å². The van der Waals surface area contributed by atoms with Crippen molar-refractivity contribution >= 4 is 17.9 Å². The zero-order valence-electron chi connectivity index (χ0n) is 20.3. The van der Waals surface area contributed by atoms with Crippen LogP contribution in [0.4, 0.5) is 0 Å². The molecule has 0 amide bonds. The summed E-state index contributed by atoms with van der Waals surface area (Å²) >= 11 is 0. The number of rotatable bonds is 6. The van der Waals surface area contributed by atoms with Crippen LogP contribution in [0.25, 0.3) is 0 Å². The molecule has 0 aromatic heterocycles. The standard InChI is InChI=1S/C31H28O6/c32-24(33)18-36-29(34)27-25-20-12-4-6-14-22(20)26(23-15-7-5-13-21(23)25)28(27)30(35)37-31(16-8-9-17-31)19-10-2-1-3-11-19/h1-7,10-15,25-28H,8-9,16-18H2,(H,32,33). The van der Waals surface area contributed by atoms with Crippen molar-refractivity contribution in [3.63, 3.8) is 0 Å². The Kier molecular flexibility index (Phi) is 5.82. The molecule has 6 heteroatoms. The van der Waals surface area contributed by atoms with Crippen LogP contribution in [0.15, 0.2) is 78.9 Å². The second-order valence-corrected chi connectivity index (χ2v) is 10.3. The first-order valence-corrected chi connectivity index (χ1v) is 12.8. The first kappa shape index (κ1) is 23.5. The van der Waals surface area contributed by atoms with E-state index in [0.717, 1.165) is 53.5 Å². The Balaban J connectivity index is 1.46. The maximum Gasteiger partial charge on any atom is 0.341 e. The number of aliphatic carboxylic acids is 1. The number of carbonyl (C=O) groups is 3. The van der Waals surface area contributed by atoms with Gasteiger partial charge in [0.15, 0.2) is 6.61 Å². The van der Waals surface area contributed by atoms with Crippen LogP contribution in [0.2, 0.25) is 0 Å². The highest BCUT2D eigenvalue weighted by Gasteiger charge is 2.57. The fourth-order valence-electron chi connectivity index (χ4n) is 6.87. The molecular weight excluding hydrogens is 468 g/mol. The lowest BCUT2D eigenvalue weighted by Crippen LogP contribution is -2.49. The van der Waals surface area contributed by atoms with Crippen molar-refractivity contribution in [3.8, 4) is 0 Å². The van der Waals surface area contributed by atoms with Crippen molar-refractivity contribution in [3.05, 3.63) is 107 Å². The van der Waals surface area contributed by atoms with Gasteiger partial charge in [-0.2, -0.15) is 0 Å². The van der Waals surface area contributed by atoms with E-state index in [1.807, 2.05) is 78.9 Å². The summed E-state index contributed by atoms with van der Waals surface area (Å²) in [5, 5.41) is 9.16. The van der Waals surface area contributed by atoms with E-state index in [1.54, 1.807) is 0 Å². The molecule has 6 nitrogen and oxygen atoms in total. The third kappa shape index (κ3) is 3.82. The van der Waals surface area contributed by atoms with Crippen molar-refractivity contribution in [2.75, 3.05) is 6.61 Å². The zero-order chi connectivity index (χ0) is 25.6. The molecule has 4 aliphatic rings. The molecule has 3 aromatic carbocycles. The number of esters is 2. The van der Waals surface area contributed by atoms with Gasteiger partial charge in [0, 0.05) is 11.8 Å². The molecular formula is C31H28O6. The minimum atomic E-state index is -1.23. The van der Waals surface area contributed by atoms with E-state index in [0.29, 0.717) is 0 Å². The average Bonchev–Trinajstić information content (AvgIpc) is 3.41. The van der Waals surface area contributed by atoms with Crippen LogP contribution in [0.1, 0.15) is 65.3 Å². The summed E-state index contributed by atoms with van der Waals surface area (Å²) in [6, 6.07) is 25.6. The van der Waals surface area contributed by atoms with Gasteiger partial charge in [-0.15, -0.1) is 0 Å². The summed E-state index contributed by atoms with van der Waals surface area (Å²) in [6.45, 7) is -0.744.